The second-order valence-corrected chi connectivity index (χ2v) is 6.34. The number of aromatic nitrogens is 1. The molecule has 126 valence electrons. The fraction of sp³-hybridized carbons (Fsp3) is 0.647. The summed E-state index contributed by atoms with van der Waals surface area (Å²) in [5.41, 5.74) is 0. The van der Waals surface area contributed by atoms with Crippen LogP contribution in [0.4, 0.5) is 0 Å². The summed E-state index contributed by atoms with van der Waals surface area (Å²) in [4.78, 5) is 16.4. The predicted molar refractivity (Wildman–Crippen MR) is 86.2 cm³/mol. The van der Waals surface area contributed by atoms with Crippen molar-refractivity contribution in [3.05, 3.63) is 24.5 Å². The minimum absolute atomic E-state index is 0.00708. The average Bonchev–Trinajstić information content (AvgIpc) is 3.12. The van der Waals surface area contributed by atoms with Crippen LogP contribution in [0.25, 0.3) is 0 Å². The van der Waals surface area contributed by atoms with Crippen molar-refractivity contribution in [1.82, 2.24) is 15.6 Å². The third kappa shape index (κ3) is 4.91. The molecule has 1 aromatic rings. The van der Waals surface area contributed by atoms with Crippen molar-refractivity contribution >= 4 is 5.91 Å². The molecule has 2 fully saturated rings. The van der Waals surface area contributed by atoms with E-state index in [4.69, 9.17) is 9.47 Å². The van der Waals surface area contributed by atoms with Gasteiger partial charge in [0.25, 0.3) is 0 Å². The fourth-order valence-corrected chi connectivity index (χ4v) is 3.17. The van der Waals surface area contributed by atoms with Gasteiger partial charge in [-0.05, 0) is 31.4 Å². The van der Waals surface area contributed by atoms with Crippen molar-refractivity contribution in [3.63, 3.8) is 0 Å². The zero-order valence-electron chi connectivity index (χ0n) is 13.4. The van der Waals surface area contributed by atoms with Gasteiger partial charge in [-0.1, -0.05) is 0 Å². The monoisotopic (exact) mass is 319 g/mol. The van der Waals surface area contributed by atoms with Gasteiger partial charge in [-0.2, -0.15) is 0 Å². The Morgan fingerprint density at radius 3 is 3.22 bits per heavy atom. The summed E-state index contributed by atoms with van der Waals surface area (Å²) in [6.45, 7) is 3.68. The highest BCUT2D eigenvalue weighted by Crippen LogP contribution is 2.19. The smallest absolute Gasteiger partial charge is 0.224 e. The van der Waals surface area contributed by atoms with E-state index in [1.807, 2.05) is 12.1 Å². The molecule has 2 N–H and O–H groups in total. The number of rotatable bonds is 6. The second kappa shape index (κ2) is 8.26. The Bertz CT molecular complexity index is 491. The summed E-state index contributed by atoms with van der Waals surface area (Å²) in [5.74, 6) is 1.24. The number of ether oxygens (including phenoxy) is 2. The number of hydrogen-bond donors (Lipinski definition) is 2. The Labute approximate surface area is 137 Å². The van der Waals surface area contributed by atoms with E-state index < -0.39 is 0 Å². The van der Waals surface area contributed by atoms with E-state index in [-0.39, 0.29) is 17.9 Å². The van der Waals surface area contributed by atoms with Crippen LogP contribution in [0.5, 0.6) is 5.75 Å². The van der Waals surface area contributed by atoms with Crippen LogP contribution in [0.1, 0.15) is 19.3 Å². The van der Waals surface area contributed by atoms with E-state index >= 15 is 0 Å². The molecule has 3 atom stereocenters. The molecule has 2 aliphatic rings. The van der Waals surface area contributed by atoms with Gasteiger partial charge in [-0.25, -0.2) is 0 Å². The average molecular weight is 319 g/mol. The van der Waals surface area contributed by atoms with Gasteiger partial charge < -0.3 is 20.1 Å². The van der Waals surface area contributed by atoms with Crippen molar-refractivity contribution in [3.8, 4) is 5.75 Å². The van der Waals surface area contributed by atoms with Crippen LogP contribution in [-0.2, 0) is 9.53 Å². The first kappa shape index (κ1) is 16.2. The number of hydrogen-bond acceptors (Lipinski definition) is 5. The van der Waals surface area contributed by atoms with E-state index in [0.29, 0.717) is 19.1 Å². The molecule has 2 aliphatic heterocycles. The summed E-state index contributed by atoms with van der Waals surface area (Å²) < 4.78 is 11.3. The van der Waals surface area contributed by atoms with Crippen molar-refractivity contribution in [2.75, 3.05) is 32.8 Å². The van der Waals surface area contributed by atoms with Gasteiger partial charge in [0.2, 0.25) is 5.91 Å². The van der Waals surface area contributed by atoms with E-state index in [1.165, 1.54) is 0 Å². The van der Waals surface area contributed by atoms with Crippen molar-refractivity contribution in [2.24, 2.45) is 11.8 Å². The Hall–Kier alpha value is -1.66. The maximum absolute atomic E-state index is 12.3. The Balaban J connectivity index is 1.41. The van der Waals surface area contributed by atoms with E-state index in [1.54, 1.807) is 12.4 Å². The lowest BCUT2D eigenvalue weighted by molar-refractivity contribution is -0.126. The minimum atomic E-state index is 0.00708. The lowest BCUT2D eigenvalue weighted by atomic mass is 9.90. The highest BCUT2D eigenvalue weighted by atomic mass is 16.5. The molecule has 3 heterocycles. The number of amides is 1. The third-order valence-corrected chi connectivity index (χ3v) is 4.46. The number of carbonyl (C=O) groups excluding carboxylic acids is 1. The number of piperidine rings is 1. The summed E-state index contributed by atoms with van der Waals surface area (Å²) in [7, 11) is 0. The molecule has 1 aromatic heterocycles. The maximum atomic E-state index is 12.3. The summed E-state index contributed by atoms with van der Waals surface area (Å²) in [6, 6.07) is 3.75. The molecule has 0 spiro atoms. The van der Waals surface area contributed by atoms with Gasteiger partial charge in [0.1, 0.15) is 5.75 Å². The number of nitrogens with zero attached hydrogens (tertiary/aromatic N) is 1. The van der Waals surface area contributed by atoms with Crippen molar-refractivity contribution in [1.29, 1.82) is 0 Å². The summed E-state index contributed by atoms with van der Waals surface area (Å²) in [5, 5.41) is 6.38. The lowest BCUT2D eigenvalue weighted by Gasteiger charge is -2.29. The van der Waals surface area contributed by atoms with Gasteiger partial charge in [0, 0.05) is 38.4 Å². The minimum Gasteiger partial charge on any atom is -0.492 e. The van der Waals surface area contributed by atoms with E-state index in [2.05, 4.69) is 15.6 Å². The van der Waals surface area contributed by atoms with Crippen molar-refractivity contribution < 1.29 is 14.3 Å². The van der Waals surface area contributed by atoms with Crippen LogP contribution in [0.3, 0.4) is 0 Å². The fourth-order valence-electron chi connectivity index (χ4n) is 3.17. The number of carbonyl (C=O) groups is 1. The van der Waals surface area contributed by atoms with Crippen LogP contribution in [0.15, 0.2) is 24.5 Å². The Morgan fingerprint density at radius 2 is 2.43 bits per heavy atom. The molecule has 1 amide bonds. The molecule has 0 aliphatic carbocycles. The normalized spacial score (nSPS) is 27.6. The molecule has 0 radical (unpaired) electrons. The lowest BCUT2D eigenvalue weighted by Crippen LogP contribution is -2.46. The SMILES string of the molecule is O=C(NCC1CCCO1)[C@H]1CNC[C@@H](COc2cccnc2)C1. The summed E-state index contributed by atoms with van der Waals surface area (Å²) in [6.07, 6.45) is 6.63. The van der Waals surface area contributed by atoms with Crippen LogP contribution >= 0.6 is 0 Å². The van der Waals surface area contributed by atoms with Crippen LogP contribution in [0, 0.1) is 11.8 Å². The predicted octanol–water partition coefficient (Wildman–Crippen LogP) is 0.981. The van der Waals surface area contributed by atoms with Crippen molar-refractivity contribution in [2.45, 2.75) is 25.4 Å². The molecule has 0 bridgehead atoms. The molecule has 0 aromatic carbocycles. The van der Waals surface area contributed by atoms with E-state index in [9.17, 15) is 4.79 Å². The van der Waals surface area contributed by atoms with Crippen LogP contribution < -0.4 is 15.4 Å². The van der Waals surface area contributed by atoms with Gasteiger partial charge >= 0.3 is 0 Å². The third-order valence-electron chi connectivity index (χ3n) is 4.46. The van der Waals surface area contributed by atoms with Crippen LogP contribution in [0.2, 0.25) is 0 Å². The molecule has 0 saturated carbocycles. The molecular formula is C17H25N3O3. The first-order valence-corrected chi connectivity index (χ1v) is 8.44. The first-order valence-electron chi connectivity index (χ1n) is 8.44. The Kier molecular flexibility index (Phi) is 5.82. The Morgan fingerprint density at radius 1 is 1.48 bits per heavy atom. The maximum Gasteiger partial charge on any atom is 0.224 e. The summed E-state index contributed by atoms with van der Waals surface area (Å²) >= 11 is 0. The van der Waals surface area contributed by atoms with Gasteiger partial charge in [0.05, 0.1) is 24.8 Å². The molecule has 3 rings (SSSR count). The second-order valence-electron chi connectivity index (χ2n) is 6.34. The zero-order valence-corrected chi connectivity index (χ0v) is 13.4. The standard InChI is InChI=1S/C17H25N3O3/c21-17(20-11-16-4-2-6-22-16)14-7-13(8-19-9-14)12-23-15-3-1-5-18-10-15/h1,3,5,10,13-14,16,19H,2,4,6-9,11-12H2,(H,20,21)/t13-,14+,16?/m0/s1. The molecular weight excluding hydrogens is 294 g/mol. The molecule has 6 heteroatoms. The van der Waals surface area contributed by atoms with Crippen LogP contribution in [-0.4, -0.2) is 49.8 Å². The molecule has 2 saturated heterocycles. The molecule has 23 heavy (non-hydrogen) atoms. The zero-order chi connectivity index (χ0) is 15.9. The topological polar surface area (TPSA) is 72.5 Å². The van der Waals surface area contributed by atoms with E-state index in [0.717, 1.165) is 44.7 Å². The van der Waals surface area contributed by atoms with Gasteiger partial charge in [0.15, 0.2) is 0 Å². The molecule has 6 nitrogen and oxygen atoms in total. The van der Waals surface area contributed by atoms with Gasteiger partial charge in [-0.15, -0.1) is 0 Å². The highest BCUT2D eigenvalue weighted by molar-refractivity contribution is 5.79. The quantitative estimate of drug-likeness (QED) is 0.818. The highest BCUT2D eigenvalue weighted by Gasteiger charge is 2.28. The van der Waals surface area contributed by atoms with Gasteiger partial charge in [-0.3, -0.25) is 9.78 Å². The largest absolute Gasteiger partial charge is 0.492 e. The number of nitrogens with one attached hydrogen (secondary N) is 2. The number of pyridine rings is 1. The first-order chi connectivity index (χ1) is 11.3. The molecule has 1 unspecified atom stereocenters.